The zero-order valence-corrected chi connectivity index (χ0v) is 10.0. The van der Waals surface area contributed by atoms with Crippen LogP contribution in [0.3, 0.4) is 0 Å². The summed E-state index contributed by atoms with van der Waals surface area (Å²) in [4.78, 5) is 11.0. The number of carboxylic acids is 1. The number of hydrogen-bond donors (Lipinski definition) is 2. The van der Waals surface area contributed by atoms with Gasteiger partial charge in [-0.25, -0.2) is 0 Å². The van der Waals surface area contributed by atoms with Crippen molar-refractivity contribution in [1.29, 1.82) is 0 Å². The highest BCUT2D eigenvalue weighted by atomic mass is 16.4. The van der Waals surface area contributed by atoms with E-state index in [1.54, 1.807) is 0 Å². The Morgan fingerprint density at radius 2 is 2.31 bits per heavy atom. The summed E-state index contributed by atoms with van der Waals surface area (Å²) in [6.07, 6.45) is 10.9. The SMILES string of the molecule is CCC[C@H](NC(C)C1C=CC=CC1)C(=O)O. The summed E-state index contributed by atoms with van der Waals surface area (Å²) in [6, 6.07) is -0.215. The van der Waals surface area contributed by atoms with Gasteiger partial charge in [-0.3, -0.25) is 4.79 Å². The predicted molar refractivity (Wildman–Crippen MR) is 65.3 cm³/mol. The number of carbonyl (C=O) groups is 1. The number of allylic oxidation sites excluding steroid dienone is 3. The molecule has 3 atom stereocenters. The molecule has 0 spiro atoms. The standard InChI is InChI=1S/C13H21NO2/c1-3-7-12(13(15)16)14-10(2)11-8-5-4-6-9-11/h4-6,8,10-12,14H,3,7,9H2,1-2H3,(H,15,16)/t10?,11?,12-/m0/s1. The van der Waals surface area contributed by atoms with Gasteiger partial charge in [-0.05, 0) is 25.7 Å². The molecule has 2 unspecified atom stereocenters. The lowest BCUT2D eigenvalue weighted by atomic mass is 9.93. The third-order valence-corrected chi connectivity index (χ3v) is 3.00. The van der Waals surface area contributed by atoms with Gasteiger partial charge in [0.15, 0.2) is 0 Å². The molecule has 0 aromatic carbocycles. The van der Waals surface area contributed by atoms with Crippen LogP contribution in [0.15, 0.2) is 24.3 Å². The van der Waals surface area contributed by atoms with Gasteiger partial charge in [0, 0.05) is 6.04 Å². The lowest BCUT2D eigenvalue weighted by Crippen LogP contribution is -2.44. The zero-order chi connectivity index (χ0) is 12.0. The van der Waals surface area contributed by atoms with E-state index in [0.29, 0.717) is 12.3 Å². The fourth-order valence-corrected chi connectivity index (χ4v) is 1.98. The first kappa shape index (κ1) is 13.0. The second-order valence-electron chi connectivity index (χ2n) is 4.35. The minimum absolute atomic E-state index is 0.203. The van der Waals surface area contributed by atoms with Crippen LogP contribution < -0.4 is 5.32 Å². The topological polar surface area (TPSA) is 49.3 Å². The van der Waals surface area contributed by atoms with Gasteiger partial charge in [0.25, 0.3) is 0 Å². The third kappa shape index (κ3) is 3.81. The molecule has 90 valence electrons. The Balaban J connectivity index is 2.47. The largest absolute Gasteiger partial charge is 0.480 e. The second-order valence-corrected chi connectivity index (χ2v) is 4.35. The highest BCUT2D eigenvalue weighted by molar-refractivity contribution is 5.73. The molecule has 0 aromatic rings. The normalized spacial score (nSPS) is 23.0. The predicted octanol–water partition coefficient (Wildman–Crippen LogP) is 2.35. The van der Waals surface area contributed by atoms with E-state index < -0.39 is 12.0 Å². The molecule has 1 aliphatic rings. The maximum atomic E-state index is 11.0. The van der Waals surface area contributed by atoms with Crippen LogP contribution in [-0.4, -0.2) is 23.2 Å². The van der Waals surface area contributed by atoms with Gasteiger partial charge in [-0.1, -0.05) is 37.6 Å². The van der Waals surface area contributed by atoms with Gasteiger partial charge < -0.3 is 10.4 Å². The molecule has 2 N–H and O–H groups in total. The molecule has 16 heavy (non-hydrogen) atoms. The van der Waals surface area contributed by atoms with Crippen molar-refractivity contribution in [1.82, 2.24) is 5.32 Å². The van der Waals surface area contributed by atoms with Crippen LogP contribution in [0.4, 0.5) is 0 Å². The highest BCUT2D eigenvalue weighted by Gasteiger charge is 2.22. The summed E-state index contributed by atoms with van der Waals surface area (Å²) in [5.74, 6) is -0.340. The van der Waals surface area contributed by atoms with Gasteiger partial charge in [0.05, 0.1) is 0 Å². The van der Waals surface area contributed by atoms with E-state index in [-0.39, 0.29) is 6.04 Å². The van der Waals surface area contributed by atoms with Crippen molar-refractivity contribution >= 4 is 5.97 Å². The summed E-state index contributed by atoms with van der Waals surface area (Å²) in [7, 11) is 0. The van der Waals surface area contributed by atoms with Crippen LogP contribution in [0, 0.1) is 5.92 Å². The van der Waals surface area contributed by atoms with E-state index in [9.17, 15) is 4.79 Å². The zero-order valence-electron chi connectivity index (χ0n) is 10.0. The minimum atomic E-state index is -0.746. The van der Waals surface area contributed by atoms with E-state index in [4.69, 9.17) is 5.11 Å². The molecular weight excluding hydrogens is 202 g/mol. The average Bonchev–Trinajstić information content (AvgIpc) is 2.29. The minimum Gasteiger partial charge on any atom is -0.480 e. The van der Waals surface area contributed by atoms with Gasteiger partial charge >= 0.3 is 5.97 Å². The van der Waals surface area contributed by atoms with Gasteiger partial charge in [-0.15, -0.1) is 0 Å². The first-order valence-electron chi connectivity index (χ1n) is 5.97. The van der Waals surface area contributed by atoms with Crippen molar-refractivity contribution in [2.75, 3.05) is 0 Å². The van der Waals surface area contributed by atoms with Crippen molar-refractivity contribution in [3.63, 3.8) is 0 Å². The molecule has 1 rings (SSSR count). The summed E-state index contributed by atoms with van der Waals surface area (Å²) in [6.45, 7) is 4.06. The maximum absolute atomic E-state index is 11.0. The van der Waals surface area contributed by atoms with Crippen molar-refractivity contribution in [2.45, 2.75) is 45.2 Å². The third-order valence-electron chi connectivity index (χ3n) is 3.00. The van der Waals surface area contributed by atoms with Crippen LogP contribution in [0.25, 0.3) is 0 Å². The van der Waals surface area contributed by atoms with Gasteiger partial charge in [-0.2, -0.15) is 0 Å². The molecular formula is C13H21NO2. The van der Waals surface area contributed by atoms with E-state index in [2.05, 4.69) is 24.4 Å². The molecule has 0 fully saturated rings. The number of nitrogens with one attached hydrogen (secondary N) is 1. The first-order valence-corrected chi connectivity index (χ1v) is 5.97. The summed E-state index contributed by atoms with van der Waals surface area (Å²) in [5, 5.41) is 12.3. The molecule has 0 aromatic heterocycles. The molecule has 0 saturated heterocycles. The van der Waals surface area contributed by atoms with Crippen LogP contribution in [0.1, 0.15) is 33.1 Å². The molecule has 3 heteroatoms. The first-order chi connectivity index (χ1) is 7.65. The van der Waals surface area contributed by atoms with Gasteiger partial charge in [0.1, 0.15) is 6.04 Å². The Hall–Kier alpha value is -1.09. The fourth-order valence-electron chi connectivity index (χ4n) is 1.98. The molecule has 0 radical (unpaired) electrons. The van der Waals surface area contributed by atoms with Crippen LogP contribution in [0.2, 0.25) is 0 Å². The molecule has 0 saturated carbocycles. The van der Waals surface area contributed by atoms with E-state index >= 15 is 0 Å². The number of aliphatic carboxylic acids is 1. The Labute approximate surface area is 97.2 Å². The molecule has 3 nitrogen and oxygen atoms in total. The number of rotatable bonds is 6. The monoisotopic (exact) mass is 223 g/mol. The maximum Gasteiger partial charge on any atom is 0.320 e. The molecule has 1 aliphatic carbocycles. The summed E-state index contributed by atoms with van der Waals surface area (Å²) < 4.78 is 0. The van der Waals surface area contributed by atoms with E-state index in [0.717, 1.165) is 12.8 Å². The lowest BCUT2D eigenvalue weighted by Gasteiger charge is -2.26. The fraction of sp³-hybridized carbons (Fsp3) is 0.615. The van der Waals surface area contributed by atoms with Crippen molar-refractivity contribution in [3.05, 3.63) is 24.3 Å². The molecule has 0 bridgehead atoms. The molecule has 0 aliphatic heterocycles. The Morgan fingerprint density at radius 1 is 1.56 bits per heavy atom. The lowest BCUT2D eigenvalue weighted by molar-refractivity contribution is -0.140. The number of carboxylic acid groups (broad SMARTS) is 1. The van der Waals surface area contributed by atoms with E-state index in [1.165, 1.54) is 0 Å². The summed E-state index contributed by atoms with van der Waals surface area (Å²) in [5.41, 5.74) is 0. The Kier molecular flexibility index (Phi) is 5.26. The van der Waals surface area contributed by atoms with Crippen molar-refractivity contribution < 1.29 is 9.90 Å². The quantitative estimate of drug-likeness (QED) is 0.726. The smallest absolute Gasteiger partial charge is 0.320 e. The molecule has 0 heterocycles. The second kappa shape index (κ2) is 6.48. The van der Waals surface area contributed by atoms with Crippen molar-refractivity contribution in [2.24, 2.45) is 5.92 Å². The molecule has 0 amide bonds. The van der Waals surface area contributed by atoms with Crippen LogP contribution in [0.5, 0.6) is 0 Å². The highest BCUT2D eigenvalue weighted by Crippen LogP contribution is 2.16. The van der Waals surface area contributed by atoms with Crippen molar-refractivity contribution in [3.8, 4) is 0 Å². The average molecular weight is 223 g/mol. The van der Waals surface area contributed by atoms with Gasteiger partial charge in [0.2, 0.25) is 0 Å². The van der Waals surface area contributed by atoms with Crippen LogP contribution >= 0.6 is 0 Å². The summed E-state index contributed by atoms with van der Waals surface area (Å²) >= 11 is 0. The number of hydrogen-bond acceptors (Lipinski definition) is 2. The Morgan fingerprint density at radius 3 is 2.81 bits per heavy atom. The van der Waals surface area contributed by atoms with E-state index in [1.807, 2.05) is 19.1 Å². The van der Waals surface area contributed by atoms with Crippen LogP contribution in [-0.2, 0) is 4.79 Å². The Bertz CT molecular complexity index is 284.